The minimum atomic E-state index is -2.01. The second-order valence-corrected chi connectivity index (χ2v) is 12.9. The third kappa shape index (κ3) is 4.29. The fraction of sp³-hybridized carbons (Fsp3) is 0.545. The molecule has 1 aromatic rings. The van der Waals surface area contributed by atoms with Gasteiger partial charge in [-0.25, -0.2) is 0 Å². The van der Waals surface area contributed by atoms with Crippen molar-refractivity contribution in [1.29, 1.82) is 0 Å². The Labute approximate surface area is 173 Å². The van der Waals surface area contributed by atoms with E-state index in [9.17, 15) is 0 Å². The molecule has 4 heteroatoms. The zero-order valence-corrected chi connectivity index (χ0v) is 18.6. The number of nitrogens with zero attached hydrogens (tertiary/aromatic N) is 2. The summed E-state index contributed by atoms with van der Waals surface area (Å²) >= 11 is 0. The van der Waals surface area contributed by atoms with E-state index in [4.69, 9.17) is 4.98 Å². The van der Waals surface area contributed by atoms with Crippen molar-refractivity contribution in [2.75, 3.05) is 14.1 Å². The van der Waals surface area contributed by atoms with Crippen LogP contribution in [-0.4, -0.2) is 38.8 Å². The Bertz CT molecular complexity index is 650. The maximum atomic E-state index is 5.54. The summed E-state index contributed by atoms with van der Waals surface area (Å²) in [7, 11) is 2.46. The number of rotatable bonds is 4. The molecule has 2 aliphatic carbocycles. The van der Waals surface area contributed by atoms with Crippen LogP contribution in [0.3, 0.4) is 0 Å². The second-order valence-electron chi connectivity index (χ2n) is 9.09. The first kappa shape index (κ1) is 21.7. The van der Waals surface area contributed by atoms with E-state index < -0.39 is 8.24 Å². The van der Waals surface area contributed by atoms with Gasteiger partial charge in [-0.1, -0.05) is 92.7 Å². The molecule has 0 spiro atoms. The Morgan fingerprint density at radius 2 is 1.58 bits per heavy atom. The molecule has 1 aromatic carbocycles. The largest absolute Gasteiger partial charge is 1.00 e. The molecule has 0 aromatic heterocycles. The molecular formula is C22H33LiN2Si. The molecular weight excluding hydrogens is 327 g/mol. The minimum absolute atomic E-state index is 0. The summed E-state index contributed by atoms with van der Waals surface area (Å²) in [6.45, 7) is 9.27. The van der Waals surface area contributed by atoms with Gasteiger partial charge in [0.05, 0.1) is 0 Å². The molecule has 0 saturated heterocycles. The predicted octanol–water partition coefficient (Wildman–Crippen LogP) is 1.71. The molecule has 5 unspecified atom stereocenters. The van der Waals surface area contributed by atoms with Crippen LogP contribution in [0.25, 0.3) is 4.98 Å². The van der Waals surface area contributed by atoms with E-state index >= 15 is 0 Å². The average molecular weight is 361 g/mol. The third-order valence-electron chi connectivity index (χ3n) is 5.94. The average Bonchev–Trinajstić information content (AvgIpc) is 2.94. The van der Waals surface area contributed by atoms with Crippen molar-refractivity contribution in [3.63, 3.8) is 0 Å². The molecule has 2 nitrogen and oxygen atoms in total. The SMILES string of the molecule is CN(C)C1CC([Si](C)([N-]C(C)(C)C)c2ccccc2)C2C=CC=CC21.[Li+]. The molecule has 0 heterocycles. The van der Waals surface area contributed by atoms with Gasteiger partial charge in [-0.2, -0.15) is 0 Å². The molecule has 5 atom stereocenters. The van der Waals surface area contributed by atoms with Crippen LogP contribution < -0.4 is 24.0 Å². The summed E-state index contributed by atoms with van der Waals surface area (Å²) < 4.78 is 0. The Morgan fingerprint density at radius 1 is 1.00 bits per heavy atom. The molecule has 1 saturated carbocycles. The van der Waals surface area contributed by atoms with Gasteiger partial charge in [0.2, 0.25) is 0 Å². The summed E-state index contributed by atoms with van der Waals surface area (Å²) in [6.07, 6.45) is 10.6. The summed E-state index contributed by atoms with van der Waals surface area (Å²) in [6, 6.07) is 11.8. The second kappa shape index (κ2) is 8.21. The summed E-state index contributed by atoms with van der Waals surface area (Å²) in [5.74, 6) is 1.23. The van der Waals surface area contributed by atoms with Crippen LogP contribution in [0.2, 0.25) is 12.1 Å². The van der Waals surface area contributed by atoms with E-state index in [2.05, 4.69) is 101 Å². The first-order chi connectivity index (χ1) is 11.7. The van der Waals surface area contributed by atoms with E-state index in [1.165, 1.54) is 11.6 Å². The molecule has 0 amide bonds. The monoisotopic (exact) mass is 360 g/mol. The minimum Gasteiger partial charge on any atom is -0.656 e. The molecule has 0 aliphatic heterocycles. The molecule has 2 aliphatic rings. The van der Waals surface area contributed by atoms with E-state index in [1.54, 1.807) is 0 Å². The quantitative estimate of drug-likeness (QED) is 0.747. The summed E-state index contributed by atoms with van der Waals surface area (Å²) in [5, 5.41) is 1.48. The molecule has 0 bridgehead atoms. The Balaban J connectivity index is 0.00000243. The predicted molar refractivity (Wildman–Crippen MR) is 112 cm³/mol. The Hall–Kier alpha value is -0.566. The molecule has 0 N–H and O–H groups in total. The first-order valence-corrected chi connectivity index (χ1v) is 12.1. The normalized spacial score (nSPS) is 30.0. The fourth-order valence-electron chi connectivity index (χ4n) is 5.00. The number of hydrogen-bond acceptors (Lipinski definition) is 1. The van der Waals surface area contributed by atoms with Crippen molar-refractivity contribution in [3.05, 3.63) is 59.6 Å². The van der Waals surface area contributed by atoms with Gasteiger partial charge in [0.1, 0.15) is 0 Å². The van der Waals surface area contributed by atoms with Crippen LogP contribution in [-0.2, 0) is 0 Å². The van der Waals surface area contributed by atoms with E-state index in [1.807, 2.05) is 0 Å². The van der Waals surface area contributed by atoms with Crippen LogP contribution in [0.1, 0.15) is 27.2 Å². The number of benzene rings is 1. The Morgan fingerprint density at radius 3 is 2.12 bits per heavy atom. The van der Waals surface area contributed by atoms with Crippen molar-refractivity contribution in [2.24, 2.45) is 11.8 Å². The fourth-order valence-corrected chi connectivity index (χ4v) is 9.76. The summed E-state index contributed by atoms with van der Waals surface area (Å²) in [4.78, 5) is 7.97. The van der Waals surface area contributed by atoms with Crippen molar-refractivity contribution in [2.45, 2.75) is 50.9 Å². The maximum Gasteiger partial charge on any atom is 1.00 e. The van der Waals surface area contributed by atoms with Gasteiger partial charge < -0.3 is 9.88 Å². The zero-order valence-electron chi connectivity index (χ0n) is 17.6. The van der Waals surface area contributed by atoms with Gasteiger partial charge in [0.25, 0.3) is 0 Å². The topological polar surface area (TPSA) is 17.3 Å². The number of fused-ring (bicyclic) bond motifs is 1. The van der Waals surface area contributed by atoms with E-state index in [0.29, 0.717) is 23.4 Å². The molecule has 3 rings (SSSR count). The smallest absolute Gasteiger partial charge is 0.656 e. The van der Waals surface area contributed by atoms with Crippen LogP contribution >= 0.6 is 0 Å². The van der Waals surface area contributed by atoms with Crippen LogP contribution in [0, 0.1) is 11.8 Å². The van der Waals surface area contributed by atoms with E-state index in [0.717, 1.165) is 0 Å². The van der Waals surface area contributed by atoms with Gasteiger partial charge in [-0.05, 0) is 40.6 Å². The molecule has 136 valence electrons. The molecule has 1 fully saturated rings. The van der Waals surface area contributed by atoms with Crippen molar-refractivity contribution >= 4 is 13.4 Å². The number of allylic oxidation sites excluding steroid dienone is 3. The standard InChI is InChI=1S/C22H33N2Si.Li/c1-22(2,3)23-25(6,17-12-8-7-9-13-17)21-16-20(24(4)5)18-14-10-11-15-19(18)21;/h7-15,18-21H,16H2,1-6H3;/q-1;+1. The van der Waals surface area contributed by atoms with Crippen LogP contribution in [0.5, 0.6) is 0 Å². The van der Waals surface area contributed by atoms with Gasteiger partial charge in [0.15, 0.2) is 0 Å². The third-order valence-corrected chi connectivity index (χ3v) is 10.6. The zero-order chi connectivity index (χ0) is 18.2. The van der Waals surface area contributed by atoms with Crippen molar-refractivity contribution < 1.29 is 18.9 Å². The van der Waals surface area contributed by atoms with Crippen LogP contribution in [0.4, 0.5) is 0 Å². The van der Waals surface area contributed by atoms with E-state index in [-0.39, 0.29) is 24.4 Å². The van der Waals surface area contributed by atoms with Gasteiger partial charge in [0, 0.05) is 6.04 Å². The van der Waals surface area contributed by atoms with Crippen LogP contribution in [0.15, 0.2) is 54.6 Å². The Kier molecular flexibility index (Phi) is 6.86. The summed E-state index contributed by atoms with van der Waals surface area (Å²) in [5.41, 5.74) is 0.643. The van der Waals surface area contributed by atoms with Crippen molar-refractivity contribution in [1.82, 2.24) is 4.90 Å². The van der Waals surface area contributed by atoms with Crippen molar-refractivity contribution in [3.8, 4) is 0 Å². The molecule has 0 radical (unpaired) electrons. The molecule has 26 heavy (non-hydrogen) atoms. The first-order valence-electron chi connectivity index (χ1n) is 9.53. The van der Waals surface area contributed by atoms with Gasteiger partial charge in [-0.3, -0.25) is 0 Å². The van der Waals surface area contributed by atoms with Gasteiger partial charge in [-0.15, -0.1) is 5.54 Å². The van der Waals surface area contributed by atoms with Gasteiger partial charge >= 0.3 is 18.9 Å². The maximum absolute atomic E-state index is 5.54. The number of hydrogen-bond donors (Lipinski definition) is 0.